The van der Waals surface area contributed by atoms with E-state index in [1.807, 2.05) is 20.8 Å². The quantitative estimate of drug-likeness (QED) is 0.704. The molecule has 2 fully saturated rings. The Labute approximate surface area is 183 Å². The molecule has 9 heteroatoms. The fraction of sp³-hybridized carbons (Fsp3) is 0.762. The molecule has 0 saturated carbocycles. The number of aliphatic hydroxyl groups is 1. The van der Waals surface area contributed by atoms with Crippen molar-refractivity contribution in [3.63, 3.8) is 0 Å². The van der Waals surface area contributed by atoms with Gasteiger partial charge in [-0.25, -0.2) is 14.8 Å². The van der Waals surface area contributed by atoms with Crippen LogP contribution in [0, 0.1) is 5.41 Å². The summed E-state index contributed by atoms with van der Waals surface area (Å²) in [5.74, 6) is 0.602. The van der Waals surface area contributed by atoms with Crippen molar-refractivity contribution in [3.05, 3.63) is 16.4 Å². The van der Waals surface area contributed by atoms with E-state index in [0.717, 1.165) is 30.8 Å². The van der Waals surface area contributed by atoms with Gasteiger partial charge in [0.2, 0.25) is 5.95 Å². The zero-order chi connectivity index (χ0) is 21.9. The van der Waals surface area contributed by atoms with Gasteiger partial charge in [0.05, 0.1) is 18.9 Å². The number of hydrogen-bond acceptors (Lipinski definition) is 7. The number of carbonyl (C=O) groups excluding carboxylic acids is 1. The molecule has 1 aromatic rings. The maximum Gasteiger partial charge on any atom is 0.410 e. The molecule has 1 N–H and O–H groups in total. The number of morpholine rings is 1. The number of likely N-dealkylation sites (tertiary alicyclic amines) is 1. The minimum Gasteiger partial charge on any atom is -0.444 e. The predicted molar refractivity (Wildman–Crippen MR) is 115 cm³/mol. The molecule has 2 aliphatic rings. The third kappa shape index (κ3) is 5.74. The van der Waals surface area contributed by atoms with E-state index < -0.39 is 5.60 Å². The summed E-state index contributed by atoms with van der Waals surface area (Å²) in [6.45, 7) is 11.7. The van der Waals surface area contributed by atoms with Crippen molar-refractivity contribution in [2.45, 2.75) is 52.6 Å². The molecule has 0 aliphatic carbocycles. The predicted octanol–water partition coefficient (Wildman–Crippen LogP) is 2.69. The first-order chi connectivity index (χ1) is 14.1. The molecule has 0 radical (unpaired) electrons. The largest absolute Gasteiger partial charge is 0.444 e. The molecular weight excluding hydrogens is 408 g/mol. The van der Waals surface area contributed by atoms with Crippen LogP contribution in [0.15, 0.2) is 0 Å². The van der Waals surface area contributed by atoms with Gasteiger partial charge in [-0.05, 0) is 39.0 Å². The molecule has 2 aliphatic heterocycles. The lowest BCUT2D eigenvalue weighted by Gasteiger charge is -2.29. The Kier molecular flexibility index (Phi) is 7.09. The lowest BCUT2D eigenvalue weighted by atomic mass is 9.83. The topological polar surface area (TPSA) is 88.0 Å². The van der Waals surface area contributed by atoms with Crippen LogP contribution in [0.5, 0.6) is 0 Å². The van der Waals surface area contributed by atoms with Crippen LogP contribution in [0.4, 0.5) is 10.7 Å². The number of carbonyl (C=O) groups is 1. The van der Waals surface area contributed by atoms with Crippen molar-refractivity contribution in [2.75, 3.05) is 50.9 Å². The third-order valence-electron chi connectivity index (χ3n) is 5.49. The minimum atomic E-state index is -0.516. The van der Waals surface area contributed by atoms with Crippen molar-refractivity contribution >= 4 is 23.6 Å². The second-order valence-corrected chi connectivity index (χ2v) is 9.81. The summed E-state index contributed by atoms with van der Waals surface area (Å²) in [4.78, 5) is 25.7. The molecule has 1 aromatic heterocycles. The van der Waals surface area contributed by atoms with Crippen molar-refractivity contribution in [2.24, 2.45) is 5.41 Å². The van der Waals surface area contributed by atoms with Crippen molar-refractivity contribution in [1.29, 1.82) is 0 Å². The van der Waals surface area contributed by atoms with Crippen LogP contribution in [0.25, 0.3) is 0 Å². The van der Waals surface area contributed by atoms with E-state index in [1.165, 1.54) is 0 Å². The minimum absolute atomic E-state index is 0.0201. The Morgan fingerprint density at radius 2 is 1.97 bits per heavy atom. The summed E-state index contributed by atoms with van der Waals surface area (Å²) in [7, 11) is 0. The molecule has 1 unspecified atom stereocenters. The molecule has 0 aromatic carbocycles. The Balaban J connectivity index is 1.80. The lowest BCUT2D eigenvalue weighted by Crippen LogP contribution is -2.38. The van der Waals surface area contributed by atoms with E-state index in [2.05, 4.69) is 16.8 Å². The zero-order valence-corrected chi connectivity index (χ0v) is 19.2. The van der Waals surface area contributed by atoms with Gasteiger partial charge in [0.15, 0.2) is 0 Å². The molecule has 0 spiro atoms. The van der Waals surface area contributed by atoms with E-state index in [0.29, 0.717) is 50.2 Å². The van der Waals surface area contributed by atoms with E-state index in [1.54, 1.807) is 4.90 Å². The maximum atomic E-state index is 12.5. The molecule has 1 atom stereocenters. The standard InChI is InChI=1S/C21H33ClN4O4/c1-20(2,3)30-19(28)26-7-6-21(4,14-26)13-16-15(5-10-27)17(22)24-18(23-16)25-8-11-29-12-9-25/h27H,5-14H2,1-4H3. The summed E-state index contributed by atoms with van der Waals surface area (Å²) in [5, 5.41) is 9.91. The average molecular weight is 441 g/mol. The molecule has 168 valence electrons. The summed E-state index contributed by atoms with van der Waals surface area (Å²) < 4.78 is 11.0. The first-order valence-corrected chi connectivity index (χ1v) is 10.9. The second kappa shape index (κ2) is 9.24. The van der Waals surface area contributed by atoms with Crippen LogP contribution >= 0.6 is 11.6 Å². The Morgan fingerprint density at radius 1 is 1.27 bits per heavy atom. The van der Waals surface area contributed by atoms with Gasteiger partial charge >= 0.3 is 6.09 Å². The van der Waals surface area contributed by atoms with Crippen LogP contribution in [-0.2, 0) is 22.3 Å². The van der Waals surface area contributed by atoms with Crippen LogP contribution in [0.3, 0.4) is 0 Å². The number of halogens is 1. The molecule has 1 amide bonds. The van der Waals surface area contributed by atoms with E-state index >= 15 is 0 Å². The summed E-state index contributed by atoms with van der Waals surface area (Å²) >= 11 is 6.51. The highest BCUT2D eigenvalue weighted by atomic mass is 35.5. The van der Waals surface area contributed by atoms with Gasteiger partial charge in [-0.15, -0.1) is 0 Å². The van der Waals surface area contributed by atoms with Gasteiger partial charge in [0.25, 0.3) is 0 Å². The SMILES string of the molecule is CC1(Cc2nc(N3CCOCC3)nc(Cl)c2CCO)CCN(C(=O)OC(C)(C)C)C1. The number of anilines is 1. The molecule has 8 nitrogen and oxygen atoms in total. The summed E-state index contributed by atoms with van der Waals surface area (Å²) in [6.07, 6.45) is 1.63. The zero-order valence-electron chi connectivity index (χ0n) is 18.4. The lowest BCUT2D eigenvalue weighted by molar-refractivity contribution is 0.0275. The first kappa shape index (κ1) is 23.0. The highest BCUT2D eigenvalue weighted by Crippen LogP contribution is 2.36. The van der Waals surface area contributed by atoms with Crippen LogP contribution in [-0.4, -0.2) is 77.7 Å². The van der Waals surface area contributed by atoms with E-state index in [9.17, 15) is 9.90 Å². The maximum absolute atomic E-state index is 12.5. The molecule has 2 saturated heterocycles. The first-order valence-electron chi connectivity index (χ1n) is 10.6. The number of aliphatic hydroxyl groups excluding tert-OH is 1. The van der Waals surface area contributed by atoms with Crippen molar-refractivity contribution < 1.29 is 19.4 Å². The van der Waals surface area contributed by atoms with Gasteiger partial charge in [-0.2, -0.15) is 0 Å². The second-order valence-electron chi connectivity index (χ2n) is 9.45. The van der Waals surface area contributed by atoms with Crippen LogP contribution in [0.2, 0.25) is 5.15 Å². The smallest absolute Gasteiger partial charge is 0.410 e. The fourth-order valence-electron chi connectivity index (χ4n) is 3.95. The van der Waals surface area contributed by atoms with Gasteiger partial charge in [0.1, 0.15) is 10.8 Å². The Morgan fingerprint density at radius 3 is 2.60 bits per heavy atom. The number of aromatic nitrogens is 2. The number of amides is 1. The molecule has 30 heavy (non-hydrogen) atoms. The molecule has 3 heterocycles. The number of hydrogen-bond donors (Lipinski definition) is 1. The molecule has 3 rings (SSSR count). The monoisotopic (exact) mass is 440 g/mol. The van der Waals surface area contributed by atoms with Gasteiger partial charge in [0, 0.05) is 44.8 Å². The van der Waals surface area contributed by atoms with Crippen molar-refractivity contribution in [3.8, 4) is 0 Å². The number of ether oxygens (including phenoxy) is 2. The third-order valence-corrected chi connectivity index (χ3v) is 5.80. The summed E-state index contributed by atoms with van der Waals surface area (Å²) in [5.41, 5.74) is 0.964. The number of nitrogens with zero attached hydrogens (tertiary/aromatic N) is 4. The van der Waals surface area contributed by atoms with E-state index in [4.69, 9.17) is 26.1 Å². The normalized spacial score (nSPS) is 22.5. The van der Waals surface area contributed by atoms with Gasteiger partial charge < -0.3 is 24.4 Å². The molecule has 0 bridgehead atoms. The fourth-order valence-corrected chi connectivity index (χ4v) is 4.23. The van der Waals surface area contributed by atoms with E-state index in [-0.39, 0.29) is 18.1 Å². The highest BCUT2D eigenvalue weighted by molar-refractivity contribution is 6.30. The van der Waals surface area contributed by atoms with Crippen LogP contribution in [0.1, 0.15) is 45.4 Å². The molecular formula is C21H33ClN4O4. The Hall–Kier alpha value is -1.64. The summed E-state index contributed by atoms with van der Waals surface area (Å²) in [6, 6.07) is 0. The number of rotatable bonds is 5. The van der Waals surface area contributed by atoms with Gasteiger partial charge in [-0.3, -0.25) is 0 Å². The van der Waals surface area contributed by atoms with Crippen molar-refractivity contribution in [1.82, 2.24) is 14.9 Å². The average Bonchev–Trinajstić information content (AvgIpc) is 3.06. The Bertz CT molecular complexity index is 764. The highest BCUT2D eigenvalue weighted by Gasteiger charge is 2.39. The van der Waals surface area contributed by atoms with Gasteiger partial charge in [-0.1, -0.05) is 18.5 Å². The van der Waals surface area contributed by atoms with Crippen LogP contribution < -0.4 is 4.90 Å².